The van der Waals surface area contributed by atoms with Gasteiger partial charge in [-0.2, -0.15) is 0 Å². The molecule has 0 unspecified atom stereocenters. The number of hydrogen-bond donors (Lipinski definition) is 1. The molecule has 0 saturated heterocycles. The van der Waals surface area contributed by atoms with Crippen LogP contribution in [0.2, 0.25) is 5.02 Å². The van der Waals surface area contributed by atoms with Gasteiger partial charge in [0.1, 0.15) is 5.03 Å². The lowest BCUT2D eigenvalue weighted by Crippen LogP contribution is -2.26. The Labute approximate surface area is 179 Å². The zero-order valence-corrected chi connectivity index (χ0v) is 17.2. The second kappa shape index (κ2) is 9.12. The fourth-order valence-electron chi connectivity index (χ4n) is 3.07. The van der Waals surface area contributed by atoms with E-state index < -0.39 is 0 Å². The van der Waals surface area contributed by atoms with Crippen molar-refractivity contribution in [1.82, 2.24) is 10.3 Å². The Morgan fingerprint density at radius 1 is 0.931 bits per heavy atom. The molecule has 0 radical (unpaired) electrons. The molecule has 3 nitrogen and oxygen atoms in total. The SMILES string of the molecule is O=C(NCCc1ccccc1)c1cc(Sc2ccc(Cl)cc2)nc2ccccc12. The maximum absolute atomic E-state index is 12.9. The summed E-state index contributed by atoms with van der Waals surface area (Å²) in [5.41, 5.74) is 2.64. The highest BCUT2D eigenvalue weighted by molar-refractivity contribution is 7.99. The summed E-state index contributed by atoms with van der Waals surface area (Å²) >= 11 is 7.49. The van der Waals surface area contributed by atoms with Crippen molar-refractivity contribution in [3.05, 3.63) is 101 Å². The molecule has 29 heavy (non-hydrogen) atoms. The molecule has 0 fully saturated rings. The zero-order chi connectivity index (χ0) is 20.1. The van der Waals surface area contributed by atoms with Gasteiger partial charge in [0.2, 0.25) is 0 Å². The molecule has 1 N–H and O–H groups in total. The van der Waals surface area contributed by atoms with E-state index in [0.717, 1.165) is 27.2 Å². The number of carbonyl (C=O) groups is 1. The van der Waals surface area contributed by atoms with E-state index in [1.54, 1.807) is 0 Å². The van der Waals surface area contributed by atoms with Gasteiger partial charge in [-0.15, -0.1) is 0 Å². The van der Waals surface area contributed by atoms with Gasteiger partial charge in [0.15, 0.2) is 0 Å². The molecule has 1 amide bonds. The zero-order valence-electron chi connectivity index (χ0n) is 15.6. The van der Waals surface area contributed by atoms with E-state index in [-0.39, 0.29) is 5.91 Å². The Morgan fingerprint density at radius 3 is 2.45 bits per heavy atom. The Kier molecular flexibility index (Phi) is 6.13. The number of amides is 1. The summed E-state index contributed by atoms with van der Waals surface area (Å²) in [6.45, 7) is 0.582. The summed E-state index contributed by atoms with van der Waals surface area (Å²) < 4.78 is 0. The molecule has 0 spiro atoms. The first-order valence-corrected chi connectivity index (χ1v) is 10.5. The number of pyridine rings is 1. The predicted octanol–water partition coefficient (Wildman–Crippen LogP) is 6.01. The van der Waals surface area contributed by atoms with Crippen molar-refractivity contribution in [3.63, 3.8) is 0 Å². The third-order valence-corrected chi connectivity index (χ3v) is 5.69. The van der Waals surface area contributed by atoms with E-state index in [2.05, 4.69) is 17.4 Å². The highest BCUT2D eigenvalue weighted by Crippen LogP contribution is 2.30. The maximum Gasteiger partial charge on any atom is 0.252 e. The van der Waals surface area contributed by atoms with Gasteiger partial charge in [0, 0.05) is 21.8 Å². The topological polar surface area (TPSA) is 42.0 Å². The Bertz CT molecular complexity index is 1130. The fraction of sp³-hybridized carbons (Fsp3) is 0.0833. The number of aromatic nitrogens is 1. The van der Waals surface area contributed by atoms with Crippen LogP contribution in [0.15, 0.2) is 94.9 Å². The van der Waals surface area contributed by atoms with Crippen LogP contribution in [-0.4, -0.2) is 17.4 Å². The summed E-state index contributed by atoms with van der Waals surface area (Å²) in [4.78, 5) is 18.7. The molecule has 0 atom stereocenters. The van der Waals surface area contributed by atoms with Crippen LogP contribution in [0.25, 0.3) is 10.9 Å². The summed E-state index contributed by atoms with van der Waals surface area (Å²) in [7, 11) is 0. The average Bonchev–Trinajstić information content (AvgIpc) is 2.75. The molecule has 0 aliphatic rings. The second-order valence-corrected chi connectivity index (χ2v) is 8.10. The highest BCUT2D eigenvalue weighted by atomic mass is 35.5. The fourth-order valence-corrected chi connectivity index (χ4v) is 4.04. The number of fused-ring (bicyclic) bond motifs is 1. The lowest BCUT2D eigenvalue weighted by atomic mass is 10.1. The first-order valence-electron chi connectivity index (χ1n) is 9.34. The minimum absolute atomic E-state index is 0.0857. The molecule has 1 heterocycles. The van der Waals surface area contributed by atoms with Gasteiger partial charge in [-0.05, 0) is 48.4 Å². The quantitative estimate of drug-likeness (QED) is 0.416. The lowest BCUT2D eigenvalue weighted by Gasteiger charge is -2.10. The van der Waals surface area contributed by atoms with Gasteiger partial charge in [-0.3, -0.25) is 4.79 Å². The molecule has 0 bridgehead atoms. The summed E-state index contributed by atoms with van der Waals surface area (Å²) in [6, 6.07) is 27.3. The van der Waals surface area contributed by atoms with Crippen LogP contribution in [0.3, 0.4) is 0 Å². The summed E-state index contributed by atoms with van der Waals surface area (Å²) in [5.74, 6) is -0.0857. The lowest BCUT2D eigenvalue weighted by molar-refractivity contribution is 0.0955. The number of nitrogens with one attached hydrogen (secondary N) is 1. The Hall–Kier alpha value is -2.82. The molecule has 0 aliphatic heterocycles. The molecule has 0 aliphatic carbocycles. The molecular formula is C24H19ClN2OS. The van der Waals surface area contributed by atoms with Crippen LogP contribution in [-0.2, 0) is 6.42 Å². The minimum atomic E-state index is -0.0857. The second-order valence-electron chi connectivity index (χ2n) is 6.57. The smallest absolute Gasteiger partial charge is 0.252 e. The predicted molar refractivity (Wildman–Crippen MR) is 120 cm³/mol. The van der Waals surface area contributed by atoms with Crippen LogP contribution in [0.4, 0.5) is 0 Å². The first-order chi connectivity index (χ1) is 14.2. The van der Waals surface area contributed by atoms with Gasteiger partial charge >= 0.3 is 0 Å². The number of para-hydroxylation sites is 1. The normalized spacial score (nSPS) is 10.8. The Morgan fingerprint density at radius 2 is 1.66 bits per heavy atom. The molecule has 1 aromatic heterocycles. The van der Waals surface area contributed by atoms with Gasteiger partial charge in [0.25, 0.3) is 5.91 Å². The van der Waals surface area contributed by atoms with E-state index in [9.17, 15) is 4.79 Å². The van der Waals surface area contributed by atoms with Crippen molar-refractivity contribution < 1.29 is 4.79 Å². The maximum atomic E-state index is 12.9. The molecule has 144 valence electrons. The van der Waals surface area contributed by atoms with Crippen molar-refractivity contribution in [3.8, 4) is 0 Å². The van der Waals surface area contributed by atoms with Gasteiger partial charge in [-0.1, -0.05) is 71.9 Å². The molecule has 5 heteroatoms. The van der Waals surface area contributed by atoms with Crippen molar-refractivity contribution >= 4 is 40.2 Å². The van der Waals surface area contributed by atoms with Crippen LogP contribution in [0.5, 0.6) is 0 Å². The van der Waals surface area contributed by atoms with Crippen LogP contribution in [0, 0.1) is 0 Å². The standard InChI is InChI=1S/C24H19ClN2OS/c25-18-10-12-19(13-11-18)29-23-16-21(20-8-4-5-9-22(20)27-23)24(28)26-15-14-17-6-2-1-3-7-17/h1-13,16H,14-15H2,(H,26,28). The molecular weight excluding hydrogens is 400 g/mol. The van der Waals surface area contributed by atoms with E-state index >= 15 is 0 Å². The van der Waals surface area contributed by atoms with Crippen molar-refractivity contribution in [2.24, 2.45) is 0 Å². The molecule has 0 saturated carbocycles. The van der Waals surface area contributed by atoms with E-state index in [0.29, 0.717) is 17.1 Å². The number of benzene rings is 3. The minimum Gasteiger partial charge on any atom is -0.352 e. The van der Waals surface area contributed by atoms with E-state index in [1.165, 1.54) is 17.3 Å². The number of carbonyl (C=O) groups excluding carboxylic acids is 1. The third kappa shape index (κ3) is 4.97. The Balaban J connectivity index is 1.56. The van der Waals surface area contributed by atoms with Crippen LogP contribution >= 0.6 is 23.4 Å². The first kappa shape index (κ1) is 19.5. The van der Waals surface area contributed by atoms with Gasteiger partial charge < -0.3 is 5.32 Å². The number of rotatable bonds is 6. The molecule has 4 aromatic rings. The summed E-state index contributed by atoms with van der Waals surface area (Å²) in [6.07, 6.45) is 0.794. The largest absolute Gasteiger partial charge is 0.352 e. The molecule has 3 aromatic carbocycles. The van der Waals surface area contributed by atoms with Crippen molar-refractivity contribution in [2.45, 2.75) is 16.3 Å². The van der Waals surface area contributed by atoms with Crippen molar-refractivity contribution in [1.29, 1.82) is 0 Å². The number of nitrogens with zero attached hydrogens (tertiary/aromatic N) is 1. The van der Waals surface area contributed by atoms with Crippen LogP contribution in [0.1, 0.15) is 15.9 Å². The average molecular weight is 419 g/mol. The highest BCUT2D eigenvalue weighted by Gasteiger charge is 2.13. The van der Waals surface area contributed by atoms with E-state index in [4.69, 9.17) is 16.6 Å². The molecule has 4 rings (SSSR count). The number of halogens is 1. The summed E-state index contributed by atoms with van der Waals surface area (Å²) in [5, 5.41) is 5.37. The number of hydrogen-bond acceptors (Lipinski definition) is 3. The van der Waals surface area contributed by atoms with Crippen LogP contribution < -0.4 is 5.32 Å². The third-order valence-electron chi connectivity index (χ3n) is 4.52. The monoisotopic (exact) mass is 418 g/mol. The van der Waals surface area contributed by atoms with Gasteiger partial charge in [-0.25, -0.2) is 4.98 Å². The van der Waals surface area contributed by atoms with E-state index in [1.807, 2.05) is 72.8 Å². The van der Waals surface area contributed by atoms with Crippen molar-refractivity contribution in [2.75, 3.05) is 6.54 Å². The van der Waals surface area contributed by atoms with Gasteiger partial charge in [0.05, 0.1) is 11.1 Å².